The maximum absolute atomic E-state index is 11.9. The Kier molecular flexibility index (Phi) is 6.68. The van der Waals surface area contributed by atoms with Gasteiger partial charge in [-0.3, -0.25) is 30.1 Å². The molecule has 8 nitrogen and oxygen atoms in total. The van der Waals surface area contributed by atoms with Gasteiger partial charge in [-0.15, -0.1) is 11.3 Å². The molecule has 0 aliphatic carbocycles. The average molecular weight is 353 g/mol. The summed E-state index contributed by atoms with van der Waals surface area (Å²) in [6.07, 6.45) is 1.63. The van der Waals surface area contributed by atoms with Gasteiger partial charge in [-0.2, -0.15) is 0 Å². The summed E-state index contributed by atoms with van der Waals surface area (Å²) in [6, 6.07) is 0. The van der Waals surface area contributed by atoms with Gasteiger partial charge in [-0.25, -0.2) is 4.98 Å². The summed E-state index contributed by atoms with van der Waals surface area (Å²) >= 11 is 1.42. The SMILES string of the molecule is CNC(=O)C1CCN(CC(=O)NNC(=O)Cc2nc(C)cs2)CC1. The summed E-state index contributed by atoms with van der Waals surface area (Å²) in [4.78, 5) is 41.4. The van der Waals surface area contributed by atoms with E-state index >= 15 is 0 Å². The Hall–Kier alpha value is -2.00. The molecule has 0 aromatic carbocycles. The lowest BCUT2D eigenvalue weighted by atomic mass is 9.96. The first-order valence-electron chi connectivity index (χ1n) is 7.90. The number of aromatic nitrogens is 1. The minimum absolute atomic E-state index is 0.0239. The first-order valence-corrected chi connectivity index (χ1v) is 8.78. The highest BCUT2D eigenvalue weighted by atomic mass is 32.1. The van der Waals surface area contributed by atoms with Crippen molar-refractivity contribution >= 4 is 29.1 Å². The molecular weight excluding hydrogens is 330 g/mol. The molecule has 3 amide bonds. The van der Waals surface area contributed by atoms with E-state index in [-0.39, 0.29) is 36.6 Å². The second-order valence-electron chi connectivity index (χ2n) is 5.82. The van der Waals surface area contributed by atoms with Crippen molar-refractivity contribution in [3.63, 3.8) is 0 Å². The Bertz CT molecular complexity index is 596. The van der Waals surface area contributed by atoms with Crippen LogP contribution in [0.3, 0.4) is 0 Å². The standard InChI is InChI=1S/C15H23N5O3S/c1-10-9-24-14(17-10)7-12(21)18-19-13(22)8-20-5-3-11(4-6-20)15(23)16-2/h9,11H,3-8H2,1-2H3,(H,16,23)(H,18,21)(H,19,22). The van der Waals surface area contributed by atoms with E-state index in [0.717, 1.165) is 23.5 Å². The van der Waals surface area contributed by atoms with Gasteiger partial charge in [0.25, 0.3) is 5.91 Å². The lowest BCUT2D eigenvalue weighted by molar-refractivity contribution is -0.130. The van der Waals surface area contributed by atoms with Gasteiger partial charge in [0.2, 0.25) is 11.8 Å². The number of amides is 3. The highest BCUT2D eigenvalue weighted by Crippen LogP contribution is 2.16. The molecule has 2 heterocycles. The van der Waals surface area contributed by atoms with Crippen LogP contribution in [-0.4, -0.2) is 54.3 Å². The summed E-state index contributed by atoms with van der Waals surface area (Å²) in [5, 5.41) is 5.25. The Labute approximate surface area is 145 Å². The number of nitrogens with zero attached hydrogens (tertiary/aromatic N) is 2. The number of hydrogen-bond acceptors (Lipinski definition) is 6. The zero-order chi connectivity index (χ0) is 17.5. The summed E-state index contributed by atoms with van der Waals surface area (Å²) in [6.45, 7) is 3.46. The van der Waals surface area contributed by atoms with Crippen LogP contribution in [0.1, 0.15) is 23.5 Å². The molecule has 1 aliphatic rings. The van der Waals surface area contributed by atoms with Crippen molar-refractivity contribution in [1.82, 2.24) is 26.1 Å². The molecule has 0 unspecified atom stereocenters. The quantitative estimate of drug-likeness (QED) is 0.625. The Morgan fingerprint density at radius 1 is 1.25 bits per heavy atom. The number of aryl methyl sites for hydroxylation is 1. The van der Waals surface area contributed by atoms with Crippen LogP contribution in [0, 0.1) is 12.8 Å². The molecule has 0 bridgehead atoms. The summed E-state index contributed by atoms with van der Waals surface area (Å²) in [5.41, 5.74) is 5.70. The van der Waals surface area contributed by atoms with Crippen LogP contribution < -0.4 is 16.2 Å². The molecule has 9 heteroatoms. The molecule has 0 spiro atoms. The van der Waals surface area contributed by atoms with Crippen molar-refractivity contribution in [3.8, 4) is 0 Å². The maximum atomic E-state index is 11.9. The van der Waals surface area contributed by atoms with E-state index in [1.165, 1.54) is 11.3 Å². The van der Waals surface area contributed by atoms with Gasteiger partial charge in [-0.1, -0.05) is 0 Å². The normalized spacial score (nSPS) is 15.8. The Morgan fingerprint density at radius 3 is 2.50 bits per heavy atom. The fourth-order valence-corrected chi connectivity index (χ4v) is 3.38. The van der Waals surface area contributed by atoms with Gasteiger partial charge in [-0.05, 0) is 32.9 Å². The van der Waals surface area contributed by atoms with Crippen LogP contribution >= 0.6 is 11.3 Å². The highest BCUT2D eigenvalue weighted by Gasteiger charge is 2.25. The van der Waals surface area contributed by atoms with E-state index in [4.69, 9.17) is 0 Å². The van der Waals surface area contributed by atoms with Crippen molar-refractivity contribution in [2.45, 2.75) is 26.2 Å². The predicted octanol–water partition coefficient (Wildman–Crippen LogP) is -0.401. The molecule has 3 N–H and O–H groups in total. The zero-order valence-corrected chi connectivity index (χ0v) is 14.7. The average Bonchev–Trinajstić information content (AvgIpc) is 2.98. The minimum atomic E-state index is -0.295. The van der Waals surface area contributed by atoms with Gasteiger partial charge in [0.15, 0.2) is 0 Å². The van der Waals surface area contributed by atoms with Crippen molar-refractivity contribution in [1.29, 1.82) is 0 Å². The fourth-order valence-electron chi connectivity index (χ4n) is 2.60. The number of hydrogen-bond donors (Lipinski definition) is 3. The summed E-state index contributed by atoms with van der Waals surface area (Å²) in [7, 11) is 1.64. The van der Waals surface area contributed by atoms with Crippen molar-refractivity contribution in [2.24, 2.45) is 5.92 Å². The molecule has 0 atom stereocenters. The lowest BCUT2D eigenvalue weighted by Gasteiger charge is -2.30. The number of carbonyl (C=O) groups is 3. The predicted molar refractivity (Wildman–Crippen MR) is 90.1 cm³/mol. The number of carbonyl (C=O) groups excluding carboxylic acids is 3. The van der Waals surface area contributed by atoms with Crippen LogP contribution in [-0.2, 0) is 20.8 Å². The lowest BCUT2D eigenvalue weighted by Crippen LogP contribution is -2.49. The van der Waals surface area contributed by atoms with E-state index in [1.807, 2.05) is 17.2 Å². The first-order chi connectivity index (χ1) is 11.5. The smallest absolute Gasteiger partial charge is 0.252 e. The zero-order valence-electron chi connectivity index (χ0n) is 13.9. The minimum Gasteiger partial charge on any atom is -0.359 e. The summed E-state index contributed by atoms with van der Waals surface area (Å²) in [5.74, 6) is -0.479. The number of likely N-dealkylation sites (tertiary alicyclic amines) is 1. The molecule has 2 rings (SSSR count). The van der Waals surface area contributed by atoms with E-state index in [9.17, 15) is 14.4 Å². The molecule has 1 fully saturated rings. The maximum Gasteiger partial charge on any atom is 0.252 e. The number of rotatable bonds is 5. The van der Waals surface area contributed by atoms with Crippen LogP contribution in [0.15, 0.2) is 5.38 Å². The third-order valence-corrected chi connectivity index (χ3v) is 4.86. The van der Waals surface area contributed by atoms with E-state index in [2.05, 4.69) is 21.2 Å². The highest BCUT2D eigenvalue weighted by molar-refractivity contribution is 7.09. The molecule has 1 aromatic rings. The van der Waals surface area contributed by atoms with Gasteiger partial charge in [0.05, 0.1) is 13.0 Å². The molecule has 1 saturated heterocycles. The monoisotopic (exact) mass is 353 g/mol. The van der Waals surface area contributed by atoms with Crippen molar-refractivity contribution < 1.29 is 14.4 Å². The van der Waals surface area contributed by atoms with Crippen LogP contribution in [0.4, 0.5) is 0 Å². The van der Waals surface area contributed by atoms with Gasteiger partial charge >= 0.3 is 0 Å². The van der Waals surface area contributed by atoms with Gasteiger partial charge in [0, 0.05) is 24.0 Å². The van der Waals surface area contributed by atoms with Crippen LogP contribution in [0.2, 0.25) is 0 Å². The Balaban J connectivity index is 1.65. The number of thiazole rings is 1. The van der Waals surface area contributed by atoms with Crippen molar-refractivity contribution in [2.75, 3.05) is 26.7 Å². The molecule has 1 aromatic heterocycles. The first kappa shape index (κ1) is 18.3. The van der Waals surface area contributed by atoms with Gasteiger partial charge in [0.1, 0.15) is 5.01 Å². The van der Waals surface area contributed by atoms with Crippen LogP contribution in [0.5, 0.6) is 0 Å². The van der Waals surface area contributed by atoms with E-state index < -0.39 is 0 Å². The molecule has 132 valence electrons. The van der Waals surface area contributed by atoms with E-state index in [1.54, 1.807) is 7.05 Å². The molecule has 1 aliphatic heterocycles. The molecule has 24 heavy (non-hydrogen) atoms. The molecule has 0 saturated carbocycles. The second-order valence-corrected chi connectivity index (χ2v) is 6.76. The number of piperidine rings is 1. The summed E-state index contributed by atoms with van der Waals surface area (Å²) < 4.78 is 0. The third kappa shape index (κ3) is 5.57. The largest absolute Gasteiger partial charge is 0.359 e. The fraction of sp³-hybridized carbons (Fsp3) is 0.600. The van der Waals surface area contributed by atoms with Gasteiger partial charge < -0.3 is 5.32 Å². The topological polar surface area (TPSA) is 103 Å². The van der Waals surface area contributed by atoms with E-state index in [0.29, 0.717) is 13.1 Å². The number of hydrazine groups is 1. The third-order valence-electron chi connectivity index (χ3n) is 3.89. The van der Waals surface area contributed by atoms with Crippen molar-refractivity contribution in [3.05, 3.63) is 16.1 Å². The van der Waals surface area contributed by atoms with Crippen LogP contribution in [0.25, 0.3) is 0 Å². The second kappa shape index (κ2) is 8.74. The Morgan fingerprint density at radius 2 is 1.92 bits per heavy atom. The molecular formula is C15H23N5O3S. The molecule has 0 radical (unpaired) electrons. The number of nitrogens with one attached hydrogen (secondary N) is 3.